The molecule has 39 heavy (non-hydrogen) atoms. The lowest BCUT2D eigenvalue weighted by molar-refractivity contribution is -0.138. The van der Waals surface area contributed by atoms with Crippen LogP contribution in [-0.2, 0) is 9.59 Å². The standard InChI is InChI=1S/C28H26ClFN4O5/c1-17-6-2-7-18(14-17)22(16-23(35)36)32-25(37)26-33(27(38)19-8-3-9-20(30)15-19)12-5-13-34(26)28(39)21-10-4-11-31-24(21)29/h2-4,6-11,14-15,22,26H,5,12-13,16H2,1H3,(H,32,37)(H,35,36). The number of carbonyl (C=O) groups excluding carboxylic acids is 3. The van der Waals surface area contributed by atoms with Crippen molar-refractivity contribution in [2.45, 2.75) is 32.0 Å². The Balaban J connectivity index is 1.74. The largest absolute Gasteiger partial charge is 0.481 e. The molecule has 1 aliphatic heterocycles. The number of aryl methyl sites for hydroxylation is 1. The number of aliphatic carboxylic acids is 1. The number of amides is 3. The SMILES string of the molecule is Cc1cccc(C(CC(=O)O)NC(=O)C2N(C(=O)c3cccc(F)c3)CCCN2C(=O)c2cccnc2Cl)c1. The van der Waals surface area contributed by atoms with Gasteiger partial charge >= 0.3 is 5.97 Å². The molecule has 2 aromatic carbocycles. The van der Waals surface area contributed by atoms with Crippen molar-refractivity contribution >= 4 is 35.3 Å². The molecule has 11 heteroatoms. The van der Waals surface area contributed by atoms with E-state index in [1.807, 2.05) is 13.0 Å². The van der Waals surface area contributed by atoms with Crippen LogP contribution in [0, 0.1) is 12.7 Å². The lowest BCUT2D eigenvalue weighted by Gasteiger charge is -2.43. The van der Waals surface area contributed by atoms with Gasteiger partial charge in [-0.3, -0.25) is 19.2 Å². The summed E-state index contributed by atoms with van der Waals surface area (Å²) in [6.45, 7) is 2.05. The van der Waals surface area contributed by atoms with Gasteiger partial charge in [-0.15, -0.1) is 0 Å². The maximum absolute atomic E-state index is 13.9. The predicted octanol–water partition coefficient (Wildman–Crippen LogP) is 3.83. The second kappa shape index (κ2) is 12.0. The van der Waals surface area contributed by atoms with E-state index in [-0.39, 0.29) is 29.4 Å². The van der Waals surface area contributed by atoms with E-state index < -0.39 is 48.1 Å². The molecule has 0 aliphatic carbocycles. The molecule has 2 N–H and O–H groups in total. The van der Waals surface area contributed by atoms with Crippen molar-refractivity contribution in [2.24, 2.45) is 0 Å². The van der Waals surface area contributed by atoms with Gasteiger partial charge in [0.25, 0.3) is 17.7 Å². The zero-order valence-corrected chi connectivity index (χ0v) is 21.8. The molecular weight excluding hydrogens is 527 g/mol. The van der Waals surface area contributed by atoms with Crippen molar-refractivity contribution in [3.63, 3.8) is 0 Å². The zero-order chi connectivity index (χ0) is 28.1. The molecular formula is C28H26ClFN4O5. The molecule has 2 unspecified atom stereocenters. The summed E-state index contributed by atoms with van der Waals surface area (Å²) in [5, 5.41) is 12.2. The lowest BCUT2D eigenvalue weighted by Crippen LogP contribution is -2.63. The minimum absolute atomic E-state index is 0.00211. The molecule has 9 nitrogen and oxygen atoms in total. The number of carboxylic acid groups (broad SMARTS) is 1. The van der Waals surface area contributed by atoms with Gasteiger partial charge < -0.3 is 20.2 Å². The van der Waals surface area contributed by atoms with Gasteiger partial charge in [0.2, 0.25) is 0 Å². The topological polar surface area (TPSA) is 120 Å². The first-order chi connectivity index (χ1) is 18.7. The fraction of sp³-hybridized carbons (Fsp3) is 0.250. The first-order valence-corrected chi connectivity index (χ1v) is 12.6. The Labute approximate surface area is 229 Å². The highest BCUT2D eigenvalue weighted by Gasteiger charge is 2.42. The highest BCUT2D eigenvalue weighted by Crippen LogP contribution is 2.25. The Morgan fingerprint density at radius 2 is 1.77 bits per heavy atom. The lowest BCUT2D eigenvalue weighted by atomic mass is 10.0. The number of benzene rings is 2. The Bertz CT molecular complexity index is 1420. The molecule has 1 aliphatic rings. The zero-order valence-electron chi connectivity index (χ0n) is 21.0. The molecule has 4 rings (SSSR count). The van der Waals surface area contributed by atoms with Crippen LogP contribution in [0.1, 0.15) is 50.7 Å². The van der Waals surface area contributed by atoms with Crippen LogP contribution in [-0.4, -0.2) is 62.8 Å². The molecule has 3 aromatic rings. The average Bonchev–Trinajstić information content (AvgIpc) is 2.91. The fourth-order valence-electron chi connectivity index (χ4n) is 4.58. The minimum atomic E-state index is -1.46. The number of halogens is 2. The normalized spacial score (nSPS) is 15.9. The van der Waals surface area contributed by atoms with Crippen LogP contribution in [0.3, 0.4) is 0 Å². The van der Waals surface area contributed by atoms with Gasteiger partial charge in [-0.1, -0.05) is 47.5 Å². The summed E-state index contributed by atoms with van der Waals surface area (Å²) in [7, 11) is 0. The number of nitrogens with one attached hydrogen (secondary N) is 1. The smallest absolute Gasteiger partial charge is 0.305 e. The second-order valence-electron chi connectivity index (χ2n) is 9.15. The number of hydrogen-bond donors (Lipinski definition) is 2. The molecule has 2 heterocycles. The summed E-state index contributed by atoms with van der Waals surface area (Å²) in [6, 6.07) is 14.1. The van der Waals surface area contributed by atoms with Crippen molar-refractivity contribution in [3.05, 3.63) is 100 Å². The predicted molar refractivity (Wildman–Crippen MR) is 140 cm³/mol. The van der Waals surface area contributed by atoms with Crippen LogP contribution in [0.4, 0.5) is 4.39 Å². The number of pyridine rings is 1. The van der Waals surface area contributed by atoms with Crippen LogP contribution >= 0.6 is 11.6 Å². The minimum Gasteiger partial charge on any atom is -0.481 e. The molecule has 1 saturated heterocycles. The van der Waals surface area contributed by atoms with E-state index in [4.69, 9.17) is 11.6 Å². The number of hydrogen-bond acceptors (Lipinski definition) is 5. The van der Waals surface area contributed by atoms with Crippen molar-refractivity contribution in [2.75, 3.05) is 13.1 Å². The second-order valence-corrected chi connectivity index (χ2v) is 9.51. The summed E-state index contributed by atoms with van der Waals surface area (Å²) in [6.07, 6.45) is -0.135. The molecule has 202 valence electrons. The molecule has 0 spiro atoms. The van der Waals surface area contributed by atoms with E-state index in [9.17, 15) is 28.7 Å². The summed E-state index contributed by atoms with van der Waals surface area (Å²) < 4.78 is 13.9. The summed E-state index contributed by atoms with van der Waals surface area (Å²) in [5.41, 5.74) is 1.46. The summed E-state index contributed by atoms with van der Waals surface area (Å²) in [5.74, 6) is -3.83. The number of carboxylic acids is 1. The Hall–Kier alpha value is -4.31. The molecule has 3 amide bonds. The number of aromatic nitrogens is 1. The Morgan fingerprint density at radius 1 is 1.05 bits per heavy atom. The highest BCUT2D eigenvalue weighted by atomic mass is 35.5. The van der Waals surface area contributed by atoms with Gasteiger partial charge in [0.1, 0.15) is 11.0 Å². The third-order valence-corrected chi connectivity index (χ3v) is 6.65. The van der Waals surface area contributed by atoms with Gasteiger partial charge in [-0.25, -0.2) is 9.37 Å². The highest BCUT2D eigenvalue weighted by molar-refractivity contribution is 6.32. The monoisotopic (exact) mass is 552 g/mol. The number of carbonyl (C=O) groups is 4. The maximum atomic E-state index is 13.9. The average molecular weight is 553 g/mol. The quantitative estimate of drug-likeness (QED) is 0.430. The van der Waals surface area contributed by atoms with E-state index in [1.165, 1.54) is 46.3 Å². The molecule has 0 radical (unpaired) electrons. The van der Waals surface area contributed by atoms with Gasteiger partial charge in [0, 0.05) is 24.8 Å². The fourth-order valence-corrected chi connectivity index (χ4v) is 4.78. The van der Waals surface area contributed by atoms with Crippen molar-refractivity contribution in [1.29, 1.82) is 0 Å². The van der Waals surface area contributed by atoms with Crippen LogP contribution < -0.4 is 5.32 Å². The van der Waals surface area contributed by atoms with E-state index in [0.717, 1.165) is 11.6 Å². The van der Waals surface area contributed by atoms with Gasteiger partial charge in [0.15, 0.2) is 6.17 Å². The first-order valence-electron chi connectivity index (χ1n) is 12.2. The van der Waals surface area contributed by atoms with E-state index in [0.29, 0.717) is 12.0 Å². The van der Waals surface area contributed by atoms with E-state index >= 15 is 0 Å². The molecule has 0 bridgehead atoms. The van der Waals surface area contributed by atoms with Gasteiger partial charge in [0.05, 0.1) is 18.0 Å². The van der Waals surface area contributed by atoms with Crippen LogP contribution in [0.5, 0.6) is 0 Å². The van der Waals surface area contributed by atoms with Crippen LogP contribution in [0.25, 0.3) is 0 Å². The first kappa shape index (κ1) is 27.7. The Kier molecular flexibility index (Phi) is 8.55. The summed E-state index contributed by atoms with van der Waals surface area (Å²) >= 11 is 6.17. The van der Waals surface area contributed by atoms with Crippen LogP contribution in [0.15, 0.2) is 66.9 Å². The van der Waals surface area contributed by atoms with E-state index in [1.54, 1.807) is 18.2 Å². The third kappa shape index (κ3) is 6.40. The number of nitrogens with zero attached hydrogens (tertiary/aromatic N) is 3. The van der Waals surface area contributed by atoms with E-state index in [2.05, 4.69) is 10.3 Å². The molecule has 1 aromatic heterocycles. The third-order valence-electron chi connectivity index (χ3n) is 6.35. The van der Waals surface area contributed by atoms with Gasteiger partial charge in [-0.2, -0.15) is 0 Å². The van der Waals surface area contributed by atoms with Crippen LogP contribution in [0.2, 0.25) is 5.15 Å². The van der Waals surface area contributed by atoms with Gasteiger partial charge in [-0.05, 0) is 49.2 Å². The van der Waals surface area contributed by atoms with Crippen molar-refractivity contribution in [1.82, 2.24) is 20.1 Å². The van der Waals surface area contributed by atoms with Crippen molar-refractivity contribution < 1.29 is 28.7 Å². The maximum Gasteiger partial charge on any atom is 0.305 e. The molecule has 0 saturated carbocycles. The molecule has 2 atom stereocenters. The number of rotatable bonds is 7. The molecule has 1 fully saturated rings. The summed E-state index contributed by atoms with van der Waals surface area (Å²) in [4.78, 5) is 59.0. The Morgan fingerprint density at radius 3 is 2.44 bits per heavy atom. The van der Waals surface area contributed by atoms with Crippen molar-refractivity contribution in [3.8, 4) is 0 Å².